The van der Waals surface area contributed by atoms with E-state index in [9.17, 15) is 4.79 Å². The van der Waals surface area contributed by atoms with Crippen LogP contribution in [0.1, 0.15) is 30.0 Å². The number of pyridine rings is 2. The van der Waals surface area contributed by atoms with Crippen LogP contribution in [0.5, 0.6) is 0 Å². The molecule has 4 heterocycles. The molecule has 3 aromatic rings. The van der Waals surface area contributed by atoms with Crippen molar-refractivity contribution >= 4 is 0 Å². The van der Waals surface area contributed by atoms with Crippen molar-refractivity contribution in [1.82, 2.24) is 24.8 Å². The van der Waals surface area contributed by atoms with E-state index in [1.54, 1.807) is 12.3 Å². The molecule has 1 aliphatic heterocycles. The highest BCUT2D eigenvalue weighted by Crippen LogP contribution is 2.27. The third-order valence-electron chi connectivity index (χ3n) is 4.83. The van der Waals surface area contributed by atoms with Gasteiger partial charge < -0.3 is 4.98 Å². The normalized spacial score (nSPS) is 15.8. The Bertz CT molecular complexity index is 902. The standard InChI is InChI=1S/C20H21N5O/c26-19-13-18(23-20(24-19)17-3-1-2-8-22-17)16-6-11-25(12-7-16)14-15-4-9-21-10-5-15/h1-5,8-10,13,16H,6-7,11-12,14H2,(H,23,24,26). The van der Waals surface area contributed by atoms with E-state index in [1.807, 2.05) is 30.6 Å². The molecule has 0 bridgehead atoms. The minimum atomic E-state index is -0.116. The average molecular weight is 347 g/mol. The summed E-state index contributed by atoms with van der Waals surface area (Å²) in [5.74, 6) is 0.862. The van der Waals surface area contributed by atoms with Crippen molar-refractivity contribution in [2.45, 2.75) is 25.3 Å². The smallest absolute Gasteiger partial charge is 0.251 e. The first-order valence-corrected chi connectivity index (χ1v) is 8.92. The van der Waals surface area contributed by atoms with Crippen LogP contribution in [0.3, 0.4) is 0 Å². The lowest BCUT2D eigenvalue weighted by Gasteiger charge is -2.31. The van der Waals surface area contributed by atoms with Gasteiger partial charge in [-0.05, 0) is 55.8 Å². The van der Waals surface area contributed by atoms with Gasteiger partial charge in [-0.15, -0.1) is 0 Å². The Kier molecular flexibility index (Phi) is 4.84. The summed E-state index contributed by atoms with van der Waals surface area (Å²) >= 11 is 0. The van der Waals surface area contributed by atoms with Crippen molar-refractivity contribution in [1.29, 1.82) is 0 Å². The van der Waals surface area contributed by atoms with Crippen LogP contribution in [-0.4, -0.2) is 37.9 Å². The highest BCUT2D eigenvalue weighted by Gasteiger charge is 2.22. The number of hydrogen-bond acceptors (Lipinski definition) is 5. The quantitative estimate of drug-likeness (QED) is 0.785. The summed E-state index contributed by atoms with van der Waals surface area (Å²) in [5.41, 5.74) is 2.74. The van der Waals surface area contributed by atoms with Crippen LogP contribution in [0.2, 0.25) is 0 Å². The summed E-state index contributed by atoms with van der Waals surface area (Å²) in [6, 6.07) is 11.4. The summed E-state index contributed by atoms with van der Waals surface area (Å²) in [5, 5.41) is 0. The largest absolute Gasteiger partial charge is 0.305 e. The fourth-order valence-corrected chi connectivity index (χ4v) is 3.44. The zero-order valence-corrected chi connectivity index (χ0v) is 14.5. The molecule has 1 saturated heterocycles. The first-order valence-electron chi connectivity index (χ1n) is 8.92. The number of aromatic amines is 1. The third-order valence-corrected chi connectivity index (χ3v) is 4.83. The third kappa shape index (κ3) is 3.86. The summed E-state index contributed by atoms with van der Waals surface area (Å²) in [6.07, 6.45) is 7.38. The molecule has 3 aromatic heterocycles. The Labute approximate surface area is 152 Å². The van der Waals surface area contributed by atoms with E-state index in [0.717, 1.165) is 38.2 Å². The first kappa shape index (κ1) is 16.6. The monoisotopic (exact) mass is 347 g/mol. The topological polar surface area (TPSA) is 74.8 Å². The SMILES string of the molecule is O=c1cc(C2CCN(Cc3ccncc3)CC2)nc(-c2ccccn2)[nH]1. The number of likely N-dealkylation sites (tertiary alicyclic amines) is 1. The maximum atomic E-state index is 12.1. The molecule has 0 amide bonds. The number of H-pyrrole nitrogens is 1. The molecule has 1 fully saturated rings. The lowest BCUT2D eigenvalue weighted by molar-refractivity contribution is 0.203. The Morgan fingerprint density at radius 3 is 2.62 bits per heavy atom. The fourth-order valence-electron chi connectivity index (χ4n) is 3.44. The van der Waals surface area contributed by atoms with Gasteiger partial charge >= 0.3 is 0 Å². The van der Waals surface area contributed by atoms with Crippen LogP contribution < -0.4 is 5.56 Å². The van der Waals surface area contributed by atoms with Crippen LogP contribution in [0.4, 0.5) is 0 Å². The molecule has 1 aliphatic rings. The van der Waals surface area contributed by atoms with E-state index >= 15 is 0 Å². The van der Waals surface area contributed by atoms with E-state index in [0.29, 0.717) is 17.4 Å². The van der Waals surface area contributed by atoms with E-state index in [2.05, 4.69) is 32.0 Å². The van der Waals surface area contributed by atoms with Crippen molar-refractivity contribution < 1.29 is 0 Å². The van der Waals surface area contributed by atoms with Gasteiger partial charge in [0.25, 0.3) is 5.56 Å². The van der Waals surface area contributed by atoms with Crippen LogP contribution in [0.25, 0.3) is 11.5 Å². The van der Waals surface area contributed by atoms with E-state index < -0.39 is 0 Å². The van der Waals surface area contributed by atoms with Gasteiger partial charge in [0.1, 0.15) is 5.69 Å². The molecule has 0 radical (unpaired) electrons. The van der Waals surface area contributed by atoms with E-state index in [4.69, 9.17) is 4.98 Å². The molecular formula is C20H21N5O. The Hall–Kier alpha value is -2.86. The van der Waals surface area contributed by atoms with Crippen LogP contribution in [0.15, 0.2) is 59.8 Å². The van der Waals surface area contributed by atoms with Gasteiger partial charge in [0, 0.05) is 37.1 Å². The van der Waals surface area contributed by atoms with Gasteiger partial charge in [-0.3, -0.25) is 19.7 Å². The summed E-state index contributed by atoms with van der Waals surface area (Å²) in [7, 11) is 0. The number of aromatic nitrogens is 4. The van der Waals surface area contributed by atoms with Crippen LogP contribution in [-0.2, 0) is 6.54 Å². The zero-order valence-electron chi connectivity index (χ0n) is 14.5. The molecule has 0 atom stereocenters. The second kappa shape index (κ2) is 7.58. The minimum Gasteiger partial charge on any atom is -0.305 e. The highest BCUT2D eigenvalue weighted by molar-refractivity contribution is 5.48. The number of rotatable bonds is 4. The van der Waals surface area contributed by atoms with Gasteiger partial charge in [-0.1, -0.05) is 6.07 Å². The fraction of sp³-hybridized carbons (Fsp3) is 0.300. The van der Waals surface area contributed by atoms with E-state index in [-0.39, 0.29) is 5.56 Å². The maximum absolute atomic E-state index is 12.1. The number of nitrogens with one attached hydrogen (secondary N) is 1. The Balaban J connectivity index is 1.46. The van der Waals surface area contributed by atoms with Crippen molar-refractivity contribution in [3.05, 3.63) is 76.6 Å². The van der Waals surface area contributed by atoms with Crippen molar-refractivity contribution in [2.24, 2.45) is 0 Å². The average Bonchev–Trinajstić information content (AvgIpc) is 2.70. The molecule has 1 N–H and O–H groups in total. The molecular weight excluding hydrogens is 326 g/mol. The predicted octanol–water partition coefficient (Wildman–Crippen LogP) is 2.61. The van der Waals surface area contributed by atoms with Gasteiger partial charge in [0.15, 0.2) is 5.82 Å². The van der Waals surface area contributed by atoms with Crippen molar-refractivity contribution in [2.75, 3.05) is 13.1 Å². The molecule has 0 spiro atoms. The summed E-state index contributed by atoms with van der Waals surface area (Å²) < 4.78 is 0. The highest BCUT2D eigenvalue weighted by atomic mass is 16.1. The molecule has 26 heavy (non-hydrogen) atoms. The molecule has 4 rings (SSSR count). The molecule has 0 saturated carbocycles. The lowest BCUT2D eigenvalue weighted by Crippen LogP contribution is -2.33. The van der Waals surface area contributed by atoms with Crippen molar-refractivity contribution in [3.8, 4) is 11.5 Å². The molecule has 132 valence electrons. The van der Waals surface area contributed by atoms with Crippen LogP contribution >= 0.6 is 0 Å². The number of piperidine rings is 1. The predicted molar refractivity (Wildman–Crippen MR) is 99.6 cm³/mol. The van der Waals surface area contributed by atoms with Crippen LogP contribution in [0, 0.1) is 0 Å². The molecule has 0 aliphatic carbocycles. The second-order valence-electron chi connectivity index (χ2n) is 6.64. The Morgan fingerprint density at radius 1 is 1.08 bits per heavy atom. The number of hydrogen-bond donors (Lipinski definition) is 1. The molecule has 0 unspecified atom stereocenters. The lowest BCUT2D eigenvalue weighted by atomic mass is 9.93. The van der Waals surface area contributed by atoms with E-state index in [1.165, 1.54) is 5.56 Å². The minimum absolute atomic E-state index is 0.116. The second-order valence-corrected chi connectivity index (χ2v) is 6.64. The van der Waals surface area contributed by atoms with Gasteiger partial charge in [0.05, 0.1) is 5.69 Å². The zero-order chi connectivity index (χ0) is 17.8. The molecule has 6 heteroatoms. The van der Waals surface area contributed by atoms with Gasteiger partial charge in [0.2, 0.25) is 0 Å². The summed E-state index contributed by atoms with van der Waals surface area (Å²) in [6.45, 7) is 2.94. The number of nitrogens with zero attached hydrogens (tertiary/aromatic N) is 4. The molecule has 0 aromatic carbocycles. The maximum Gasteiger partial charge on any atom is 0.251 e. The first-order chi connectivity index (χ1) is 12.8. The van der Waals surface area contributed by atoms with Gasteiger partial charge in [-0.2, -0.15) is 0 Å². The Morgan fingerprint density at radius 2 is 1.88 bits per heavy atom. The molecule has 6 nitrogen and oxygen atoms in total. The summed E-state index contributed by atoms with van der Waals surface area (Å²) in [4.78, 5) is 30.4. The van der Waals surface area contributed by atoms with Gasteiger partial charge in [-0.25, -0.2) is 4.98 Å². The van der Waals surface area contributed by atoms with Crippen molar-refractivity contribution in [3.63, 3.8) is 0 Å².